The minimum absolute atomic E-state index is 0.00525. The van der Waals surface area contributed by atoms with E-state index < -0.39 is 23.1 Å². The lowest BCUT2D eigenvalue weighted by molar-refractivity contribution is -0.177. The highest BCUT2D eigenvalue weighted by molar-refractivity contribution is 5.88. The van der Waals surface area contributed by atoms with Crippen LogP contribution in [-0.2, 0) is 28.7 Å². The summed E-state index contributed by atoms with van der Waals surface area (Å²) in [7, 11) is 0. The number of fused-ring (bicyclic) bond motifs is 2. The third kappa shape index (κ3) is 15.1. The zero-order valence-electron chi connectivity index (χ0n) is 46.7. The fourth-order valence-electron chi connectivity index (χ4n) is 14.1. The van der Waals surface area contributed by atoms with E-state index in [0.717, 1.165) is 116 Å². The molecule has 394 valence electrons. The molecule has 8 atom stereocenters. The molecule has 4 aliphatic carbocycles. The first-order valence-corrected chi connectivity index (χ1v) is 27.4. The molecule has 8 heteroatoms. The molecule has 4 aliphatic rings. The molecule has 0 bridgehead atoms. The highest BCUT2D eigenvalue weighted by Gasteiger charge is 2.61. The Labute approximate surface area is 425 Å². The molecule has 0 aromatic rings. The summed E-state index contributed by atoms with van der Waals surface area (Å²) in [6, 6.07) is 0. The van der Waals surface area contributed by atoms with E-state index in [1.54, 1.807) is 13.8 Å². The largest absolute Gasteiger partial charge is 0.459 e. The van der Waals surface area contributed by atoms with Crippen molar-refractivity contribution in [1.29, 1.82) is 0 Å². The molecule has 8 nitrogen and oxygen atoms in total. The minimum atomic E-state index is -0.705. The Kier molecular flexibility index (Phi) is 21.2. The molecule has 70 heavy (non-hydrogen) atoms. The second kappa shape index (κ2) is 25.0. The first kappa shape index (κ1) is 59.2. The van der Waals surface area contributed by atoms with Crippen LogP contribution in [0.25, 0.3) is 0 Å². The molecular formula is C62H98O8. The second-order valence-electron chi connectivity index (χ2n) is 24.9. The Morgan fingerprint density at radius 2 is 0.786 bits per heavy atom. The maximum atomic E-state index is 12.8. The predicted octanol–water partition coefficient (Wildman–Crippen LogP) is 14.8. The second-order valence-corrected chi connectivity index (χ2v) is 24.9. The van der Waals surface area contributed by atoms with Crippen LogP contribution in [0, 0.1) is 45.3 Å². The molecule has 4 fully saturated rings. The van der Waals surface area contributed by atoms with E-state index in [9.17, 15) is 29.4 Å². The average molecular weight is 971 g/mol. The zero-order valence-corrected chi connectivity index (χ0v) is 46.7. The molecular weight excluding hydrogens is 873 g/mol. The van der Waals surface area contributed by atoms with Gasteiger partial charge in [0.1, 0.15) is 24.8 Å². The van der Waals surface area contributed by atoms with Gasteiger partial charge in [0.15, 0.2) is 0 Å². The van der Waals surface area contributed by atoms with Gasteiger partial charge >= 0.3 is 11.9 Å². The molecule has 0 aliphatic heterocycles. The van der Waals surface area contributed by atoms with Crippen LogP contribution >= 0.6 is 0 Å². The van der Waals surface area contributed by atoms with E-state index >= 15 is 0 Å². The summed E-state index contributed by atoms with van der Waals surface area (Å²) in [6.07, 6.45) is 30.2. The Hall–Kier alpha value is -3.36. The van der Waals surface area contributed by atoms with Gasteiger partial charge in [0.2, 0.25) is 0 Å². The van der Waals surface area contributed by atoms with E-state index in [-0.39, 0.29) is 46.7 Å². The molecule has 4 rings (SSSR count). The van der Waals surface area contributed by atoms with Gasteiger partial charge in [0, 0.05) is 34.8 Å². The van der Waals surface area contributed by atoms with Crippen LogP contribution in [0.2, 0.25) is 0 Å². The quantitative estimate of drug-likeness (QED) is 0.0449. The summed E-state index contributed by atoms with van der Waals surface area (Å²) < 4.78 is 10.8. The van der Waals surface area contributed by atoms with Crippen LogP contribution in [0.1, 0.15) is 225 Å². The lowest BCUT2D eigenvalue weighted by atomic mass is 9.45. The standard InChI is InChI=1S/C62H98O8/c1-43(21-15-23-45(3)27-19-31-51-59(11)37-35-53(63)57(7,8)49(59)33-39-61(51,13)67)25-17-29-47(5)55(65)69-41-42-70-56(66)48(6)30-18-26-44(2)22-16-24-46(4)28-20-32-52-60(12)38-36-54(64)58(9,10)50(60)34-40-62(52,14)68/h21-22,27-30,49-52,67-68H,15-20,23-26,31-42H2,1-14H3/b43-21+,44-22+,45-27+,46-28+,47-29+,48-30+/t49-,50-,51+,52+,59-,60-,61+,62+/m0/s1. The molecule has 2 N–H and O–H groups in total. The minimum Gasteiger partial charge on any atom is -0.459 e. The van der Waals surface area contributed by atoms with Crippen LogP contribution < -0.4 is 0 Å². The van der Waals surface area contributed by atoms with Gasteiger partial charge in [-0.15, -0.1) is 0 Å². The Morgan fingerprint density at radius 3 is 1.11 bits per heavy atom. The van der Waals surface area contributed by atoms with Gasteiger partial charge in [-0.3, -0.25) is 9.59 Å². The monoisotopic (exact) mass is 971 g/mol. The number of esters is 2. The van der Waals surface area contributed by atoms with Gasteiger partial charge in [-0.1, -0.05) is 100 Å². The molecule has 4 saturated carbocycles. The Morgan fingerprint density at radius 1 is 0.486 bits per heavy atom. The highest BCUT2D eigenvalue weighted by Crippen LogP contribution is 2.63. The normalized spacial score (nSPS) is 32.1. The van der Waals surface area contributed by atoms with Gasteiger partial charge in [-0.05, 0) is 205 Å². The van der Waals surface area contributed by atoms with Crippen molar-refractivity contribution >= 4 is 23.5 Å². The fourth-order valence-corrected chi connectivity index (χ4v) is 14.1. The molecule has 0 unspecified atom stereocenters. The van der Waals surface area contributed by atoms with Gasteiger partial charge in [0.25, 0.3) is 0 Å². The Bertz CT molecular complexity index is 1890. The summed E-state index contributed by atoms with van der Waals surface area (Å²) >= 11 is 0. The predicted molar refractivity (Wildman–Crippen MR) is 286 cm³/mol. The number of allylic oxidation sites excluding steroid dienone is 10. The van der Waals surface area contributed by atoms with Crippen molar-refractivity contribution in [3.8, 4) is 0 Å². The lowest BCUT2D eigenvalue weighted by Crippen LogP contribution is -2.59. The van der Waals surface area contributed by atoms with Crippen molar-refractivity contribution in [2.45, 2.75) is 237 Å². The number of rotatable bonds is 23. The van der Waals surface area contributed by atoms with E-state index in [4.69, 9.17) is 9.47 Å². The number of ether oxygens (including phenoxy) is 2. The van der Waals surface area contributed by atoms with Gasteiger partial charge in [0.05, 0.1) is 11.2 Å². The maximum Gasteiger partial charge on any atom is 0.333 e. The molecule has 0 radical (unpaired) electrons. The first-order valence-electron chi connectivity index (χ1n) is 27.4. The molecule has 0 amide bonds. The third-order valence-electron chi connectivity index (χ3n) is 18.7. The van der Waals surface area contributed by atoms with E-state index in [1.165, 1.54) is 22.3 Å². The van der Waals surface area contributed by atoms with Crippen LogP contribution in [0.3, 0.4) is 0 Å². The smallest absolute Gasteiger partial charge is 0.333 e. The van der Waals surface area contributed by atoms with E-state index in [0.29, 0.717) is 47.4 Å². The van der Waals surface area contributed by atoms with Crippen molar-refractivity contribution in [2.24, 2.45) is 45.3 Å². The SMILES string of the molecule is C/C(=C\CC/C(C)=C/CC[C@@H]1[C@@]2(C)CCC(=O)C(C)(C)[C@@H]2CC[C@@]1(C)O)CC/C=C(\C)C(=O)OCCOC(=O)/C(C)=C/CC/C(C)=C/CC/C(C)=C/CC[C@@H]1[C@@]2(C)CCC(=O)C(C)(C)[C@@H]2CC[C@@]1(C)O. The number of Topliss-reactive ketones (excluding diaryl/α,β-unsaturated/α-hetero) is 2. The number of carbonyl (C=O) groups is 4. The summed E-state index contributed by atoms with van der Waals surface area (Å²) in [5, 5.41) is 23.0. The van der Waals surface area contributed by atoms with Gasteiger partial charge in [-0.2, -0.15) is 0 Å². The van der Waals surface area contributed by atoms with E-state index in [1.807, 2.05) is 26.0 Å². The molecule has 0 heterocycles. The summed E-state index contributed by atoms with van der Waals surface area (Å²) in [4.78, 5) is 50.9. The van der Waals surface area contributed by atoms with Crippen LogP contribution in [0.5, 0.6) is 0 Å². The average Bonchev–Trinajstić information content (AvgIpc) is 3.26. The van der Waals surface area contributed by atoms with Crippen LogP contribution in [-0.4, -0.2) is 58.1 Å². The third-order valence-corrected chi connectivity index (χ3v) is 18.7. The van der Waals surface area contributed by atoms with Crippen molar-refractivity contribution < 1.29 is 38.9 Å². The number of ketones is 2. The molecule has 0 aromatic heterocycles. The topological polar surface area (TPSA) is 127 Å². The molecule has 0 aromatic carbocycles. The number of aliphatic hydroxyl groups is 2. The molecule has 0 saturated heterocycles. The maximum absolute atomic E-state index is 12.8. The van der Waals surface area contributed by atoms with E-state index in [2.05, 4.69) is 93.5 Å². The zero-order chi connectivity index (χ0) is 52.3. The summed E-state index contributed by atoms with van der Waals surface area (Å²) in [5.41, 5.74) is 4.27. The van der Waals surface area contributed by atoms with Crippen LogP contribution in [0.4, 0.5) is 0 Å². The van der Waals surface area contributed by atoms with Crippen molar-refractivity contribution in [1.82, 2.24) is 0 Å². The molecule has 0 spiro atoms. The van der Waals surface area contributed by atoms with Crippen LogP contribution in [0.15, 0.2) is 69.9 Å². The highest BCUT2D eigenvalue weighted by atomic mass is 16.6. The number of carbonyl (C=O) groups excluding carboxylic acids is 4. The summed E-state index contributed by atoms with van der Waals surface area (Å²) in [6.45, 7) is 29.4. The first-order chi connectivity index (χ1) is 32.6. The fraction of sp³-hybridized carbons (Fsp3) is 0.742. The number of hydrogen-bond donors (Lipinski definition) is 2. The van der Waals surface area contributed by atoms with Gasteiger partial charge < -0.3 is 19.7 Å². The Balaban J connectivity index is 1.07. The van der Waals surface area contributed by atoms with Crippen molar-refractivity contribution in [3.05, 3.63) is 69.9 Å². The number of hydrogen-bond acceptors (Lipinski definition) is 8. The van der Waals surface area contributed by atoms with Crippen molar-refractivity contribution in [3.63, 3.8) is 0 Å². The van der Waals surface area contributed by atoms with Gasteiger partial charge in [-0.25, -0.2) is 9.59 Å². The van der Waals surface area contributed by atoms with Crippen molar-refractivity contribution in [2.75, 3.05) is 13.2 Å². The summed E-state index contributed by atoms with van der Waals surface area (Å²) in [5.74, 6) is 0.943. The lowest BCUT2D eigenvalue weighted by Gasteiger charge is -2.60.